The molecule has 202 valence electrons. The molecule has 4 aliphatic rings. The minimum absolute atomic E-state index is 0.506. The average molecular weight is 513 g/mol. The molecule has 10 atom stereocenters. The molecule has 4 fully saturated rings. The summed E-state index contributed by atoms with van der Waals surface area (Å²) >= 11 is 0. The second-order valence-electron chi connectivity index (χ2n) is 14.4. The van der Waals surface area contributed by atoms with Gasteiger partial charge in [0.05, 0.1) is 10.8 Å². The van der Waals surface area contributed by atoms with E-state index in [0.29, 0.717) is 21.9 Å². The van der Waals surface area contributed by atoms with Gasteiger partial charge in [-0.1, -0.05) is 53.9 Å². The maximum atomic E-state index is 12.9. The summed E-state index contributed by atoms with van der Waals surface area (Å²) < 4.78 is 12.9. The third-order valence-electron chi connectivity index (χ3n) is 12.1. The Labute approximate surface area is 223 Å². The van der Waals surface area contributed by atoms with Crippen molar-refractivity contribution in [3.63, 3.8) is 0 Å². The van der Waals surface area contributed by atoms with E-state index in [9.17, 15) is 4.21 Å². The van der Waals surface area contributed by atoms with E-state index in [1.165, 1.54) is 77.0 Å². The van der Waals surface area contributed by atoms with Gasteiger partial charge in [-0.2, -0.15) is 0 Å². The van der Waals surface area contributed by atoms with Crippen LogP contribution in [0.5, 0.6) is 0 Å². The van der Waals surface area contributed by atoms with E-state index in [4.69, 9.17) is 0 Å². The molecule has 1 aromatic heterocycles. The van der Waals surface area contributed by atoms with Crippen LogP contribution in [-0.2, 0) is 10.8 Å². The predicted octanol–water partition coefficient (Wildman–Crippen LogP) is 8.32. The van der Waals surface area contributed by atoms with Crippen LogP contribution in [-0.4, -0.2) is 19.9 Å². The van der Waals surface area contributed by atoms with E-state index < -0.39 is 10.8 Å². The van der Waals surface area contributed by atoms with Crippen molar-refractivity contribution in [1.82, 2.24) is 9.97 Å². The Morgan fingerprint density at radius 2 is 1.64 bits per heavy atom. The van der Waals surface area contributed by atoms with Gasteiger partial charge < -0.3 is 0 Å². The van der Waals surface area contributed by atoms with Gasteiger partial charge in [-0.3, -0.25) is 4.21 Å². The second-order valence-corrected chi connectivity index (χ2v) is 15.8. The van der Waals surface area contributed by atoms with Crippen molar-refractivity contribution in [1.29, 1.82) is 0 Å². The van der Waals surface area contributed by atoms with Gasteiger partial charge in [-0.15, -0.1) is 0 Å². The first-order valence-corrected chi connectivity index (χ1v) is 16.7. The first-order chi connectivity index (χ1) is 17.2. The van der Waals surface area contributed by atoms with Crippen LogP contribution in [0.2, 0.25) is 0 Å². The molecule has 0 amide bonds. The molecule has 1 heterocycles. The van der Waals surface area contributed by atoms with Crippen LogP contribution in [0.25, 0.3) is 0 Å². The van der Waals surface area contributed by atoms with Crippen LogP contribution in [0.4, 0.5) is 0 Å². The standard InChI is InChI=1S/C32H52N2OS/c1-22(2)8-6-9-23(3)27-12-13-28-26-11-10-25-20-24(21-36(35)30-33-18-7-19-34-30)14-16-31(25,4)29(26)15-17-32(27,28)5/h7,18-19,22-29H,6,8-17,20-21H2,1-5H3/t23-,24+,25+,26?,27-,28?,29?,31+,32-,36?/m1/s1. The molecule has 5 rings (SSSR count). The Morgan fingerprint density at radius 3 is 2.39 bits per heavy atom. The molecular formula is C32H52N2OS. The molecule has 1 aromatic rings. The van der Waals surface area contributed by atoms with Crippen molar-refractivity contribution in [2.24, 2.45) is 58.2 Å². The normalized spacial score (nSPS) is 41.8. The maximum Gasteiger partial charge on any atom is 0.218 e. The molecule has 0 radical (unpaired) electrons. The van der Waals surface area contributed by atoms with Crippen molar-refractivity contribution in [2.45, 2.75) is 117 Å². The van der Waals surface area contributed by atoms with Crippen LogP contribution in [0.15, 0.2) is 23.6 Å². The summed E-state index contributed by atoms with van der Waals surface area (Å²) in [6.45, 7) is 12.7. The Bertz CT molecular complexity index is 905. The second kappa shape index (κ2) is 10.8. The zero-order valence-corrected chi connectivity index (χ0v) is 24.6. The van der Waals surface area contributed by atoms with Crippen molar-refractivity contribution in [2.75, 3.05) is 5.75 Å². The summed E-state index contributed by atoms with van der Waals surface area (Å²) in [6, 6.07) is 1.81. The fourth-order valence-corrected chi connectivity index (χ4v) is 11.5. The lowest BCUT2D eigenvalue weighted by atomic mass is 9.44. The molecule has 3 nitrogen and oxygen atoms in total. The molecule has 4 heteroatoms. The van der Waals surface area contributed by atoms with Crippen molar-refractivity contribution in [3.8, 4) is 0 Å². The fraction of sp³-hybridized carbons (Fsp3) is 0.875. The molecule has 4 saturated carbocycles. The molecular weight excluding hydrogens is 460 g/mol. The van der Waals surface area contributed by atoms with E-state index >= 15 is 0 Å². The van der Waals surface area contributed by atoms with Crippen molar-refractivity contribution >= 4 is 10.8 Å². The SMILES string of the molecule is CC(C)CCC[C@@H](C)[C@H]1CCC2C3CC[C@H]4C[C@@H](CS(=O)c5ncccn5)CC[C@]4(C)C3CC[C@@]21C. The van der Waals surface area contributed by atoms with E-state index in [2.05, 4.69) is 44.6 Å². The highest BCUT2D eigenvalue weighted by molar-refractivity contribution is 7.84. The van der Waals surface area contributed by atoms with Gasteiger partial charge in [0, 0.05) is 18.1 Å². The third-order valence-corrected chi connectivity index (χ3v) is 13.5. The summed E-state index contributed by atoms with van der Waals surface area (Å²) in [5.41, 5.74) is 1.10. The lowest BCUT2D eigenvalue weighted by Crippen LogP contribution is -2.54. The summed E-state index contributed by atoms with van der Waals surface area (Å²) in [5.74, 6) is 7.68. The minimum Gasteiger partial charge on any atom is -0.251 e. The number of aromatic nitrogens is 2. The van der Waals surface area contributed by atoms with Crippen LogP contribution < -0.4 is 0 Å². The van der Waals surface area contributed by atoms with E-state index in [0.717, 1.165) is 47.2 Å². The molecule has 0 saturated heterocycles. The largest absolute Gasteiger partial charge is 0.251 e. The molecule has 0 aromatic carbocycles. The Hall–Kier alpha value is -0.770. The fourth-order valence-electron chi connectivity index (χ4n) is 10.2. The molecule has 4 aliphatic carbocycles. The molecule has 0 aliphatic heterocycles. The summed E-state index contributed by atoms with van der Waals surface area (Å²) in [7, 11) is -1.06. The number of hydrogen-bond acceptors (Lipinski definition) is 3. The topological polar surface area (TPSA) is 42.9 Å². The van der Waals surface area contributed by atoms with E-state index in [1.807, 2.05) is 0 Å². The first kappa shape index (κ1) is 26.8. The quantitative estimate of drug-likeness (QED) is 0.329. The maximum absolute atomic E-state index is 12.9. The van der Waals surface area contributed by atoms with Crippen molar-refractivity contribution < 1.29 is 4.21 Å². The van der Waals surface area contributed by atoms with Crippen LogP contribution >= 0.6 is 0 Å². The van der Waals surface area contributed by atoms with E-state index in [-0.39, 0.29) is 0 Å². The number of hydrogen-bond donors (Lipinski definition) is 0. The molecule has 0 bridgehead atoms. The van der Waals surface area contributed by atoms with Gasteiger partial charge >= 0.3 is 0 Å². The van der Waals surface area contributed by atoms with Crippen LogP contribution in [0, 0.1) is 58.2 Å². The van der Waals surface area contributed by atoms with Gasteiger partial charge in [0.1, 0.15) is 0 Å². The Kier molecular flexibility index (Phi) is 8.03. The lowest BCUT2D eigenvalue weighted by Gasteiger charge is -2.61. The zero-order chi connectivity index (χ0) is 25.5. The summed E-state index contributed by atoms with van der Waals surface area (Å²) in [5, 5.41) is 0.523. The highest BCUT2D eigenvalue weighted by atomic mass is 32.2. The number of fused-ring (bicyclic) bond motifs is 5. The Balaban J connectivity index is 1.22. The van der Waals surface area contributed by atoms with Crippen LogP contribution in [0.3, 0.4) is 0 Å². The van der Waals surface area contributed by atoms with Gasteiger partial charge in [0.15, 0.2) is 0 Å². The van der Waals surface area contributed by atoms with Gasteiger partial charge in [0.2, 0.25) is 5.16 Å². The van der Waals surface area contributed by atoms with Gasteiger partial charge in [-0.05, 0) is 122 Å². The predicted molar refractivity (Wildman–Crippen MR) is 150 cm³/mol. The molecule has 36 heavy (non-hydrogen) atoms. The minimum atomic E-state index is -1.06. The average Bonchev–Trinajstić information content (AvgIpc) is 3.22. The first-order valence-electron chi connectivity index (χ1n) is 15.4. The molecule has 4 unspecified atom stereocenters. The number of nitrogens with zero attached hydrogens (tertiary/aromatic N) is 2. The van der Waals surface area contributed by atoms with Gasteiger partial charge in [-0.25, -0.2) is 9.97 Å². The van der Waals surface area contributed by atoms with Gasteiger partial charge in [0.25, 0.3) is 0 Å². The Morgan fingerprint density at radius 1 is 0.917 bits per heavy atom. The molecule has 0 spiro atoms. The zero-order valence-electron chi connectivity index (χ0n) is 23.8. The highest BCUT2D eigenvalue weighted by Crippen LogP contribution is 2.68. The lowest BCUT2D eigenvalue weighted by molar-refractivity contribution is -0.120. The van der Waals surface area contributed by atoms with Crippen LogP contribution in [0.1, 0.15) is 112 Å². The highest BCUT2D eigenvalue weighted by Gasteiger charge is 2.60. The summed E-state index contributed by atoms with van der Waals surface area (Å²) in [4.78, 5) is 8.52. The van der Waals surface area contributed by atoms with Crippen molar-refractivity contribution in [3.05, 3.63) is 18.5 Å². The third kappa shape index (κ3) is 4.98. The number of rotatable bonds is 8. The van der Waals surface area contributed by atoms with E-state index in [1.54, 1.807) is 18.5 Å². The molecule has 0 N–H and O–H groups in total. The smallest absolute Gasteiger partial charge is 0.218 e. The monoisotopic (exact) mass is 512 g/mol. The summed E-state index contributed by atoms with van der Waals surface area (Å²) in [6.07, 6.45) is 20.3.